The van der Waals surface area contributed by atoms with Gasteiger partial charge in [0.2, 0.25) is 5.89 Å². The molecule has 2 N–H and O–H groups in total. The van der Waals surface area contributed by atoms with Crippen LogP contribution in [0.15, 0.2) is 41.1 Å². The number of carbonyl (C=O) groups excluding carboxylic acids is 3. The Kier molecular flexibility index (Phi) is 13.7. The van der Waals surface area contributed by atoms with Gasteiger partial charge in [-0.05, 0) is 146 Å². The minimum absolute atomic E-state index is 0.0464. The van der Waals surface area contributed by atoms with Crippen molar-refractivity contribution in [2.75, 3.05) is 79.5 Å². The van der Waals surface area contributed by atoms with Gasteiger partial charge in [0.15, 0.2) is 0 Å². The molecule has 11 heterocycles. The molecule has 8 aliphatic heterocycles. The van der Waals surface area contributed by atoms with Gasteiger partial charge in [0, 0.05) is 91.6 Å². The molecule has 3 aromatic heterocycles. The number of nitrogens with zero attached hydrogens (tertiary/aromatic N) is 6. The second-order valence-electron chi connectivity index (χ2n) is 25.9. The van der Waals surface area contributed by atoms with E-state index >= 15 is 4.79 Å². The number of fused-ring (bicyclic) bond motifs is 7. The average molecular weight is 1070 g/mol. The third-order valence-corrected chi connectivity index (χ3v) is 19.2. The molecule has 4 atom stereocenters. The van der Waals surface area contributed by atoms with E-state index in [-0.39, 0.29) is 42.0 Å². The SMILES string of the molecule is CO[C@@H](C)c1ncc(C2CCN(C3CC3)CC2)cc1-c1c2c3cc(ccc3n1CCOC1CCOCC1)-c1coc(n1)[C@@H](N1CC3(COC3)C1)[C@H](NC(=O)C13CC(C1)C(C)(C)O3)C(=O)N1CCC[C@H](N1)C(=O)OCC(C)(C)C2. The average Bonchev–Trinajstić information content (AvgIpc) is 3.86. The molecular weight excluding hydrogens is 993 g/mol. The maximum Gasteiger partial charge on any atom is 0.324 e. The highest BCUT2D eigenvalue weighted by atomic mass is 16.5. The van der Waals surface area contributed by atoms with E-state index in [4.69, 9.17) is 42.8 Å². The Bertz CT molecular complexity index is 2920. The number of rotatable bonds is 12. The van der Waals surface area contributed by atoms with Gasteiger partial charge in [-0.3, -0.25) is 29.3 Å². The third-order valence-electron chi connectivity index (χ3n) is 19.2. The molecule has 7 saturated heterocycles. The van der Waals surface area contributed by atoms with Gasteiger partial charge in [0.05, 0.1) is 55.6 Å². The molecule has 78 heavy (non-hydrogen) atoms. The van der Waals surface area contributed by atoms with Crippen molar-refractivity contribution in [1.29, 1.82) is 0 Å². The molecule has 2 aliphatic carbocycles. The van der Waals surface area contributed by atoms with Gasteiger partial charge < -0.3 is 47.6 Å². The van der Waals surface area contributed by atoms with E-state index in [0.717, 1.165) is 83.8 Å². The van der Waals surface area contributed by atoms with Crippen molar-refractivity contribution >= 4 is 28.7 Å². The number of methoxy groups -OCH3 is 1. The summed E-state index contributed by atoms with van der Waals surface area (Å²) in [6.45, 7) is 18.1. The molecule has 2 amide bonds. The van der Waals surface area contributed by atoms with Crippen LogP contribution in [0.25, 0.3) is 33.4 Å². The van der Waals surface area contributed by atoms with E-state index in [1.54, 1.807) is 13.4 Å². The molecule has 9 fully saturated rings. The summed E-state index contributed by atoms with van der Waals surface area (Å²) in [4.78, 5) is 60.0. The van der Waals surface area contributed by atoms with Crippen LogP contribution in [-0.4, -0.2) is 162 Å². The normalized spacial score (nSPS) is 29.8. The van der Waals surface area contributed by atoms with E-state index < -0.39 is 40.7 Å². The number of carbonyl (C=O) groups is 3. The first-order valence-electron chi connectivity index (χ1n) is 29.2. The number of hydrazine groups is 1. The molecule has 14 rings (SSSR count). The number of likely N-dealkylation sites (tertiary alicyclic amines) is 2. The maximum atomic E-state index is 15.4. The summed E-state index contributed by atoms with van der Waals surface area (Å²) < 4.78 is 46.2. The van der Waals surface area contributed by atoms with E-state index in [0.29, 0.717) is 109 Å². The molecule has 8 bridgehead atoms. The zero-order valence-corrected chi connectivity index (χ0v) is 46.6. The Morgan fingerprint density at radius 3 is 2.42 bits per heavy atom. The summed E-state index contributed by atoms with van der Waals surface area (Å²) in [5.41, 5.74) is 8.95. The molecule has 2 saturated carbocycles. The van der Waals surface area contributed by atoms with Crippen LogP contribution >= 0.6 is 0 Å². The summed E-state index contributed by atoms with van der Waals surface area (Å²) in [6, 6.07) is 6.93. The lowest BCUT2D eigenvalue weighted by molar-refractivity contribution is -0.205. The number of pyridine rings is 1. The number of ether oxygens (including phenoxy) is 6. The largest absolute Gasteiger partial charge is 0.464 e. The highest BCUT2D eigenvalue weighted by Gasteiger charge is 2.66. The van der Waals surface area contributed by atoms with Crippen molar-refractivity contribution in [2.24, 2.45) is 16.7 Å². The second kappa shape index (κ2) is 20.3. The topological polar surface area (TPSA) is 184 Å². The summed E-state index contributed by atoms with van der Waals surface area (Å²) in [5.74, 6) is -0.190. The highest BCUT2D eigenvalue weighted by molar-refractivity contribution is 5.96. The van der Waals surface area contributed by atoms with Gasteiger partial charge in [-0.15, -0.1) is 0 Å². The number of nitrogens with one attached hydrogen (secondary N) is 2. The van der Waals surface area contributed by atoms with E-state index in [1.807, 2.05) is 13.8 Å². The van der Waals surface area contributed by atoms with E-state index in [2.05, 4.69) is 76.3 Å². The van der Waals surface area contributed by atoms with Gasteiger partial charge in [0.1, 0.15) is 35.7 Å². The first-order valence-corrected chi connectivity index (χ1v) is 29.2. The Labute approximate surface area is 457 Å². The quantitative estimate of drug-likeness (QED) is 0.138. The first kappa shape index (κ1) is 52.6. The van der Waals surface area contributed by atoms with Gasteiger partial charge in [-0.25, -0.2) is 10.4 Å². The number of amides is 2. The van der Waals surface area contributed by atoms with Crippen molar-refractivity contribution in [3.63, 3.8) is 0 Å². The Balaban J connectivity index is 0.948. The van der Waals surface area contributed by atoms with Crippen LogP contribution in [0.3, 0.4) is 0 Å². The monoisotopic (exact) mass is 1070 g/mol. The molecule has 0 radical (unpaired) electrons. The number of aromatic nitrogens is 3. The first-order chi connectivity index (χ1) is 37.6. The molecule has 10 aliphatic rings. The van der Waals surface area contributed by atoms with Crippen LogP contribution in [0.1, 0.15) is 140 Å². The molecule has 1 spiro atoms. The number of benzene rings is 1. The smallest absolute Gasteiger partial charge is 0.324 e. The predicted octanol–water partition coefficient (Wildman–Crippen LogP) is 7.04. The van der Waals surface area contributed by atoms with Crippen LogP contribution in [0.2, 0.25) is 0 Å². The Hall–Kier alpha value is -4.79. The molecule has 18 nitrogen and oxygen atoms in total. The Morgan fingerprint density at radius 1 is 0.936 bits per heavy atom. The zero-order chi connectivity index (χ0) is 53.7. The van der Waals surface area contributed by atoms with E-state index in [9.17, 15) is 9.59 Å². The predicted molar refractivity (Wildman–Crippen MR) is 289 cm³/mol. The fourth-order valence-corrected chi connectivity index (χ4v) is 14.3. The minimum Gasteiger partial charge on any atom is -0.464 e. The fourth-order valence-electron chi connectivity index (χ4n) is 14.3. The molecule has 1 aromatic carbocycles. The van der Waals surface area contributed by atoms with Gasteiger partial charge in [-0.2, -0.15) is 0 Å². The summed E-state index contributed by atoms with van der Waals surface area (Å²) >= 11 is 0. The van der Waals surface area contributed by atoms with Crippen molar-refractivity contribution < 1.29 is 47.2 Å². The van der Waals surface area contributed by atoms with Gasteiger partial charge in [0.25, 0.3) is 11.8 Å². The molecule has 18 heteroatoms. The lowest BCUT2D eigenvalue weighted by Gasteiger charge is -2.57. The Morgan fingerprint density at radius 2 is 1.72 bits per heavy atom. The van der Waals surface area contributed by atoms with Crippen LogP contribution in [0, 0.1) is 16.7 Å². The number of hydrogen-bond acceptors (Lipinski definition) is 15. The highest BCUT2D eigenvalue weighted by Crippen LogP contribution is 2.58. The van der Waals surface area contributed by atoms with Crippen LogP contribution < -0.4 is 10.7 Å². The molecule has 420 valence electrons. The summed E-state index contributed by atoms with van der Waals surface area (Å²) in [7, 11) is 1.75. The van der Waals surface area contributed by atoms with Crippen LogP contribution in [-0.2, 0) is 55.8 Å². The molecule has 4 aromatic rings. The lowest BCUT2D eigenvalue weighted by Crippen LogP contribution is -2.70. The zero-order valence-electron chi connectivity index (χ0n) is 46.6. The minimum atomic E-state index is -1.14. The molecule has 0 unspecified atom stereocenters. The van der Waals surface area contributed by atoms with Crippen molar-refractivity contribution in [3.8, 4) is 22.5 Å². The standard InChI is InChI=1S/C60H80N8O10/c1-36(72-6)49-44(25-39(29-61-49)37-13-18-65(19-14-37)41-10-11-41)51-45-28-57(2,3)33-77-55(70)46-8-7-17-68(64-46)54(69)50(63-56(71)60-26-40(27-60)58(4,5)78-60)52(66-31-59(32-66)34-74-35-59)53-62-47(30-76-53)38-9-12-48(43(45)24-38)67(51)20-23-75-42-15-21-73-22-16-42/h9,12,24-25,29-30,36-37,40-42,46,50,52,64H,7-8,10-11,13-23,26-28,31-35H2,1-6H3,(H,63,71)/t36-,40?,46-,50-,52-,60?/m0/s1. The number of esters is 1. The summed E-state index contributed by atoms with van der Waals surface area (Å²) in [6.07, 6.45) is 12.9. The van der Waals surface area contributed by atoms with Crippen molar-refractivity contribution in [1.82, 2.24) is 40.1 Å². The lowest BCUT2D eigenvalue weighted by atomic mass is 9.69. The summed E-state index contributed by atoms with van der Waals surface area (Å²) in [5, 5.41) is 5.79. The fraction of sp³-hybridized carbons (Fsp3) is 0.683. The number of oxazole rings is 1. The van der Waals surface area contributed by atoms with E-state index in [1.165, 1.54) is 23.4 Å². The number of cyclic esters (lactones) is 1. The molecular formula is C60H80N8O10. The third kappa shape index (κ3) is 9.70. The van der Waals surface area contributed by atoms with Crippen LogP contribution in [0.4, 0.5) is 0 Å². The second-order valence-corrected chi connectivity index (χ2v) is 25.9. The van der Waals surface area contributed by atoms with Crippen molar-refractivity contribution in [3.05, 3.63) is 59.4 Å². The number of piperidine rings is 1. The van der Waals surface area contributed by atoms with Gasteiger partial charge >= 0.3 is 5.97 Å². The number of hydrogen-bond donors (Lipinski definition) is 2. The van der Waals surface area contributed by atoms with Gasteiger partial charge in [-0.1, -0.05) is 19.9 Å². The van der Waals surface area contributed by atoms with Crippen molar-refractivity contribution in [2.45, 2.75) is 165 Å². The van der Waals surface area contributed by atoms with Crippen LogP contribution in [0.5, 0.6) is 0 Å². The maximum absolute atomic E-state index is 15.4.